The SMILES string of the molecule is CC(N)=NCCNC(=O)C(C)(C)C. The average molecular weight is 185 g/mol. The predicted octanol–water partition coefficient (Wildman–Crippen LogP) is 0.526. The average Bonchev–Trinajstić information content (AvgIpc) is 1.95. The lowest BCUT2D eigenvalue weighted by atomic mass is 9.96. The van der Waals surface area contributed by atoms with E-state index in [1.807, 2.05) is 20.8 Å². The van der Waals surface area contributed by atoms with Crippen LogP contribution in [-0.4, -0.2) is 24.8 Å². The van der Waals surface area contributed by atoms with Crippen LogP contribution in [0.15, 0.2) is 4.99 Å². The molecule has 0 spiro atoms. The zero-order valence-electron chi connectivity index (χ0n) is 8.85. The summed E-state index contributed by atoms with van der Waals surface area (Å²) in [6.07, 6.45) is 0. The van der Waals surface area contributed by atoms with Crippen molar-refractivity contribution in [3.8, 4) is 0 Å². The number of hydrogen-bond acceptors (Lipinski definition) is 2. The molecule has 4 nitrogen and oxygen atoms in total. The molecular formula is C9H19N3O. The van der Waals surface area contributed by atoms with Gasteiger partial charge in [-0.1, -0.05) is 20.8 Å². The lowest BCUT2D eigenvalue weighted by Gasteiger charge is -2.16. The monoisotopic (exact) mass is 185 g/mol. The number of carbonyl (C=O) groups is 1. The molecule has 0 aromatic rings. The number of carbonyl (C=O) groups excluding carboxylic acids is 1. The van der Waals surface area contributed by atoms with Crippen molar-refractivity contribution in [2.45, 2.75) is 27.7 Å². The van der Waals surface area contributed by atoms with E-state index in [1.165, 1.54) is 0 Å². The van der Waals surface area contributed by atoms with Gasteiger partial charge in [0.1, 0.15) is 0 Å². The minimum Gasteiger partial charge on any atom is -0.388 e. The number of rotatable bonds is 3. The van der Waals surface area contributed by atoms with E-state index in [0.29, 0.717) is 18.9 Å². The molecule has 13 heavy (non-hydrogen) atoms. The maximum atomic E-state index is 11.3. The number of aliphatic imine (C=N–C) groups is 1. The van der Waals surface area contributed by atoms with E-state index in [1.54, 1.807) is 6.92 Å². The number of amides is 1. The van der Waals surface area contributed by atoms with Crippen molar-refractivity contribution in [2.24, 2.45) is 16.1 Å². The number of nitrogens with zero attached hydrogens (tertiary/aromatic N) is 1. The van der Waals surface area contributed by atoms with E-state index in [-0.39, 0.29) is 11.3 Å². The molecule has 0 rings (SSSR count). The van der Waals surface area contributed by atoms with Gasteiger partial charge >= 0.3 is 0 Å². The van der Waals surface area contributed by atoms with Crippen LogP contribution in [0.2, 0.25) is 0 Å². The van der Waals surface area contributed by atoms with Crippen LogP contribution in [0.25, 0.3) is 0 Å². The van der Waals surface area contributed by atoms with Crippen LogP contribution in [0.4, 0.5) is 0 Å². The van der Waals surface area contributed by atoms with Gasteiger partial charge in [-0.15, -0.1) is 0 Å². The van der Waals surface area contributed by atoms with Gasteiger partial charge in [-0.3, -0.25) is 9.79 Å². The molecule has 1 amide bonds. The highest BCUT2D eigenvalue weighted by molar-refractivity contribution is 5.81. The van der Waals surface area contributed by atoms with Crippen molar-refractivity contribution in [1.82, 2.24) is 5.32 Å². The topological polar surface area (TPSA) is 67.5 Å². The normalized spacial score (nSPS) is 12.8. The zero-order chi connectivity index (χ0) is 10.5. The first-order valence-electron chi connectivity index (χ1n) is 4.39. The highest BCUT2D eigenvalue weighted by Crippen LogP contribution is 2.11. The van der Waals surface area contributed by atoms with E-state index in [9.17, 15) is 4.79 Å². The van der Waals surface area contributed by atoms with Gasteiger partial charge in [-0.2, -0.15) is 0 Å². The number of nitrogens with two attached hydrogens (primary N) is 1. The molecule has 3 N–H and O–H groups in total. The summed E-state index contributed by atoms with van der Waals surface area (Å²) in [5.74, 6) is 0.586. The molecule has 0 aromatic carbocycles. The molecule has 4 heteroatoms. The molecule has 0 saturated heterocycles. The van der Waals surface area contributed by atoms with Gasteiger partial charge in [-0.25, -0.2) is 0 Å². The number of hydrogen-bond donors (Lipinski definition) is 2. The van der Waals surface area contributed by atoms with Crippen LogP contribution in [-0.2, 0) is 4.79 Å². The van der Waals surface area contributed by atoms with Crippen molar-refractivity contribution < 1.29 is 4.79 Å². The first-order valence-corrected chi connectivity index (χ1v) is 4.39. The molecule has 0 aliphatic rings. The lowest BCUT2D eigenvalue weighted by molar-refractivity contribution is -0.128. The standard InChI is InChI=1S/C9H19N3O/c1-7(10)11-5-6-12-8(13)9(2,3)4/h5-6H2,1-4H3,(H2,10,11)(H,12,13). The van der Waals surface area contributed by atoms with Crippen LogP contribution >= 0.6 is 0 Å². The molecule has 0 heterocycles. The minimum absolute atomic E-state index is 0.0392. The Bertz CT molecular complexity index is 199. The molecular weight excluding hydrogens is 166 g/mol. The van der Waals surface area contributed by atoms with Crippen LogP contribution in [0.3, 0.4) is 0 Å². The van der Waals surface area contributed by atoms with Crippen LogP contribution in [0.1, 0.15) is 27.7 Å². The van der Waals surface area contributed by atoms with E-state index in [0.717, 1.165) is 0 Å². The van der Waals surface area contributed by atoms with E-state index < -0.39 is 0 Å². The summed E-state index contributed by atoms with van der Waals surface area (Å²) in [5.41, 5.74) is 5.00. The second-order valence-electron chi connectivity index (χ2n) is 4.03. The fourth-order valence-electron chi connectivity index (χ4n) is 0.667. The smallest absolute Gasteiger partial charge is 0.225 e. The molecule has 0 aromatic heterocycles. The first-order chi connectivity index (χ1) is 5.84. The maximum Gasteiger partial charge on any atom is 0.225 e. The van der Waals surface area contributed by atoms with Crippen molar-refractivity contribution in [3.63, 3.8) is 0 Å². The van der Waals surface area contributed by atoms with E-state index in [2.05, 4.69) is 10.3 Å². The Labute approximate surface area is 79.6 Å². The van der Waals surface area contributed by atoms with Gasteiger partial charge in [0.15, 0.2) is 0 Å². The summed E-state index contributed by atoms with van der Waals surface area (Å²) in [4.78, 5) is 15.3. The molecule has 0 aliphatic heterocycles. The minimum atomic E-state index is -0.332. The highest BCUT2D eigenvalue weighted by atomic mass is 16.2. The summed E-state index contributed by atoms with van der Waals surface area (Å²) < 4.78 is 0. The van der Waals surface area contributed by atoms with Crippen LogP contribution in [0.5, 0.6) is 0 Å². The van der Waals surface area contributed by atoms with Crippen molar-refractivity contribution in [2.75, 3.05) is 13.1 Å². The summed E-state index contributed by atoms with van der Waals surface area (Å²) in [6, 6.07) is 0. The van der Waals surface area contributed by atoms with Crippen molar-refractivity contribution in [1.29, 1.82) is 0 Å². The number of amidine groups is 1. The van der Waals surface area contributed by atoms with Crippen LogP contribution < -0.4 is 11.1 Å². The number of nitrogens with one attached hydrogen (secondary N) is 1. The molecule has 0 fully saturated rings. The molecule has 0 radical (unpaired) electrons. The van der Waals surface area contributed by atoms with Gasteiger partial charge in [0.05, 0.1) is 12.4 Å². The quantitative estimate of drug-likeness (QED) is 0.382. The second-order valence-corrected chi connectivity index (χ2v) is 4.03. The Balaban J connectivity index is 3.67. The molecule has 0 bridgehead atoms. The highest BCUT2D eigenvalue weighted by Gasteiger charge is 2.19. The maximum absolute atomic E-state index is 11.3. The lowest BCUT2D eigenvalue weighted by Crippen LogP contribution is -2.36. The summed E-state index contributed by atoms with van der Waals surface area (Å²) in [7, 11) is 0. The summed E-state index contributed by atoms with van der Waals surface area (Å²) >= 11 is 0. The molecule has 0 saturated carbocycles. The third kappa shape index (κ3) is 6.13. The Morgan fingerprint density at radius 2 is 2.00 bits per heavy atom. The van der Waals surface area contributed by atoms with Crippen molar-refractivity contribution in [3.05, 3.63) is 0 Å². The van der Waals surface area contributed by atoms with E-state index in [4.69, 9.17) is 5.73 Å². The van der Waals surface area contributed by atoms with Gasteiger partial charge in [-0.05, 0) is 6.92 Å². The Morgan fingerprint density at radius 1 is 1.46 bits per heavy atom. The van der Waals surface area contributed by atoms with Gasteiger partial charge in [0, 0.05) is 12.0 Å². The van der Waals surface area contributed by atoms with Crippen LogP contribution in [0, 0.1) is 5.41 Å². The summed E-state index contributed by atoms with van der Waals surface area (Å²) in [5, 5.41) is 2.78. The van der Waals surface area contributed by atoms with E-state index >= 15 is 0 Å². The Morgan fingerprint density at radius 3 is 2.38 bits per heavy atom. The fourth-order valence-corrected chi connectivity index (χ4v) is 0.667. The zero-order valence-corrected chi connectivity index (χ0v) is 8.85. The third-order valence-corrected chi connectivity index (χ3v) is 1.44. The summed E-state index contributed by atoms with van der Waals surface area (Å²) in [6.45, 7) is 8.44. The second kappa shape index (κ2) is 4.84. The fraction of sp³-hybridized carbons (Fsp3) is 0.778. The molecule has 76 valence electrons. The molecule has 0 unspecified atom stereocenters. The van der Waals surface area contributed by atoms with Gasteiger partial charge in [0.25, 0.3) is 0 Å². The van der Waals surface area contributed by atoms with Crippen molar-refractivity contribution >= 4 is 11.7 Å². The van der Waals surface area contributed by atoms with Gasteiger partial charge in [0.2, 0.25) is 5.91 Å². The Hall–Kier alpha value is -1.06. The first kappa shape index (κ1) is 11.9. The third-order valence-electron chi connectivity index (χ3n) is 1.44. The largest absolute Gasteiger partial charge is 0.388 e. The predicted molar refractivity (Wildman–Crippen MR) is 54.6 cm³/mol. The Kier molecular flexibility index (Phi) is 4.45. The molecule has 0 aliphatic carbocycles. The van der Waals surface area contributed by atoms with Gasteiger partial charge < -0.3 is 11.1 Å². The molecule has 0 atom stereocenters.